The van der Waals surface area contributed by atoms with Crippen molar-refractivity contribution in [3.8, 4) is 0 Å². The van der Waals surface area contributed by atoms with Crippen molar-refractivity contribution in [2.45, 2.75) is 29.3 Å². The predicted molar refractivity (Wildman–Crippen MR) is 104 cm³/mol. The third kappa shape index (κ3) is 4.64. The lowest BCUT2D eigenvalue weighted by Gasteiger charge is -2.20. The Hall–Kier alpha value is -2.56. The Morgan fingerprint density at radius 2 is 1.79 bits per heavy atom. The SMILES string of the molecule is Cc1ccc(S(C)(=O)=O)cc1S(=O)(=O)NC(Cn1cncn1)c1ccccc1. The average Bonchev–Trinajstić information content (AvgIpc) is 3.14. The van der Waals surface area contributed by atoms with Crippen LogP contribution >= 0.6 is 0 Å². The van der Waals surface area contributed by atoms with Gasteiger partial charge in [0.2, 0.25) is 10.0 Å². The molecule has 1 heterocycles. The zero-order chi connectivity index (χ0) is 20.4. The minimum Gasteiger partial charge on any atom is -0.251 e. The Kier molecular flexibility index (Phi) is 5.64. The molecule has 0 aliphatic carbocycles. The van der Waals surface area contributed by atoms with E-state index < -0.39 is 25.9 Å². The quantitative estimate of drug-likeness (QED) is 0.623. The van der Waals surface area contributed by atoms with Crippen LogP contribution in [0.2, 0.25) is 0 Å². The summed E-state index contributed by atoms with van der Waals surface area (Å²) < 4.78 is 54.1. The Labute approximate surface area is 164 Å². The van der Waals surface area contributed by atoms with E-state index in [1.54, 1.807) is 6.92 Å². The molecule has 1 unspecified atom stereocenters. The molecular weight excluding hydrogens is 400 g/mol. The molecule has 3 rings (SSSR count). The van der Waals surface area contributed by atoms with E-state index in [0.29, 0.717) is 5.56 Å². The molecule has 3 aromatic rings. The summed E-state index contributed by atoms with van der Waals surface area (Å²) in [6, 6.07) is 12.5. The lowest BCUT2D eigenvalue weighted by atomic mass is 10.1. The molecule has 8 nitrogen and oxygen atoms in total. The largest absolute Gasteiger partial charge is 0.251 e. The van der Waals surface area contributed by atoms with Crippen LogP contribution in [-0.2, 0) is 26.4 Å². The van der Waals surface area contributed by atoms with Crippen molar-refractivity contribution in [1.29, 1.82) is 0 Å². The van der Waals surface area contributed by atoms with Crippen molar-refractivity contribution in [3.05, 3.63) is 72.3 Å². The lowest BCUT2D eigenvalue weighted by molar-refractivity contribution is 0.482. The second kappa shape index (κ2) is 7.82. The van der Waals surface area contributed by atoms with E-state index in [1.807, 2.05) is 30.3 Å². The first-order chi connectivity index (χ1) is 13.2. The zero-order valence-corrected chi connectivity index (χ0v) is 17.0. The summed E-state index contributed by atoms with van der Waals surface area (Å²) in [5, 5.41) is 4.04. The van der Waals surface area contributed by atoms with Crippen molar-refractivity contribution >= 4 is 19.9 Å². The maximum Gasteiger partial charge on any atom is 0.241 e. The molecule has 0 saturated carbocycles. The number of sulfonamides is 1. The molecule has 1 atom stereocenters. The molecule has 2 aromatic carbocycles. The number of hydrogen-bond donors (Lipinski definition) is 1. The highest BCUT2D eigenvalue weighted by Crippen LogP contribution is 2.23. The maximum atomic E-state index is 13.1. The third-order valence-corrected chi connectivity index (χ3v) is 6.94. The van der Waals surface area contributed by atoms with Gasteiger partial charge >= 0.3 is 0 Å². The van der Waals surface area contributed by atoms with Crippen molar-refractivity contribution in [2.75, 3.05) is 6.26 Å². The topological polar surface area (TPSA) is 111 Å². The standard InChI is InChI=1S/C18H20N4O4S2/c1-14-8-9-16(27(2,23)24)10-18(14)28(25,26)21-17(11-22-13-19-12-20-22)15-6-4-3-5-7-15/h3-10,12-13,17,21H,11H2,1-2H3. The predicted octanol–water partition coefficient (Wildman–Crippen LogP) is 1.71. The summed E-state index contributed by atoms with van der Waals surface area (Å²) in [7, 11) is -7.54. The van der Waals surface area contributed by atoms with E-state index in [0.717, 1.165) is 11.8 Å². The molecule has 0 bridgehead atoms. The summed E-state index contributed by atoms with van der Waals surface area (Å²) in [5.41, 5.74) is 1.20. The number of rotatable bonds is 7. The first kappa shape index (κ1) is 20.2. The molecule has 0 aliphatic rings. The van der Waals surface area contributed by atoms with Crippen LogP contribution in [0.3, 0.4) is 0 Å². The van der Waals surface area contributed by atoms with E-state index >= 15 is 0 Å². The van der Waals surface area contributed by atoms with Crippen LogP contribution in [-0.4, -0.2) is 37.9 Å². The minimum absolute atomic E-state index is 0.0500. The van der Waals surface area contributed by atoms with Crippen LogP contribution in [0.15, 0.2) is 71.0 Å². The average molecular weight is 421 g/mol. The van der Waals surface area contributed by atoms with Crippen LogP contribution in [0.1, 0.15) is 17.2 Å². The molecule has 0 amide bonds. The molecule has 0 aliphatic heterocycles. The number of hydrogen-bond acceptors (Lipinski definition) is 6. The van der Waals surface area contributed by atoms with Crippen molar-refractivity contribution in [1.82, 2.24) is 19.5 Å². The first-order valence-corrected chi connectivity index (χ1v) is 11.7. The maximum absolute atomic E-state index is 13.1. The van der Waals surface area contributed by atoms with E-state index in [9.17, 15) is 16.8 Å². The van der Waals surface area contributed by atoms with Gasteiger partial charge in [-0.2, -0.15) is 5.10 Å². The van der Waals surface area contributed by atoms with E-state index in [-0.39, 0.29) is 16.3 Å². The highest BCUT2D eigenvalue weighted by Gasteiger charge is 2.25. The van der Waals surface area contributed by atoms with Crippen molar-refractivity contribution in [3.63, 3.8) is 0 Å². The van der Waals surface area contributed by atoms with Gasteiger partial charge in [-0.25, -0.2) is 26.5 Å². The highest BCUT2D eigenvalue weighted by atomic mass is 32.2. The van der Waals surface area contributed by atoms with Crippen LogP contribution in [0, 0.1) is 6.92 Å². The lowest BCUT2D eigenvalue weighted by Crippen LogP contribution is -2.32. The van der Waals surface area contributed by atoms with Gasteiger partial charge in [0, 0.05) is 6.26 Å². The van der Waals surface area contributed by atoms with Gasteiger partial charge in [0.25, 0.3) is 0 Å². The molecule has 1 aromatic heterocycles. The van der Waals surface area contributed by atoms with Crippen molar-refractivity contribution < 1.29 is 16.8 Å². The normalized spacial score (nSPS) is 13.4. The second-order valence-corrected chi connectivity index (χ2v) is 10.1. The zero-order valence-electron chi connectivity index (χ0n) is 15.3. The smallest absolute Gasteiger partial charge is 0.241 e. The van der Waals surface area contributed by atoms with E-state index in [2.05, 4.69) is 14.8 Å². The molecule has 1 N–H and O–H groups in total. The Bertz CT molecular complexity index is 1160. The highest BCUT2D eigenvalue weighted by molar-refractivity contribution is 7.91. The first-order valence-electron chi connectivity index (χ1n) is 8.37. The second-order valence-electron chi connectivity index (χ2n) is 6.40. The fraction of sp³-hybridized carbons (Fsp3) is 0.222. The van der Waals surface area contributed by atoms with Crippen LogP contribution in [0.5, 0.6) is 0 Å². The molecular formula is C18H20N4O4S2. The van der Waals surface area contributed by atoms with Gasteiger partial charge in [0.15, 0.2) is 9.84 Å². The van der Waals surface area contributed by atoms with Gasteiger partial charge in [-0.05, 0) is 30.2 Å². The fourth-order valence-electron chi connectivity index (χ4n) is 2.76. The fourth-order valence-corrected chi connectivity index (χ4v) is 4.97. The number of benzene rings is 2. The van der Waals surface area contributed by atoms with Gasteiger partial charge in [-0.3, -0.25) is 4.68 Å². The Morgan fingerprint density at radius 3 is 2.39 bits per heavy atom. The molecule has 148 valence electrons. The van der Waals surface area contributed by atoms with E-state index in [4.69, 9.17) is 0 Å². The number of nitrogens with zero attached hydrogens (tertiary/aromatic N) is 3. The summed E-state index contributed by atoms with van der Waals surface area (Å²) in [6.07, 6.45) is 3.91. The van der Waals surface area contributed by atoms with Gasteiger partial charge in [0.05, 0.1) is 22.4 Å². The summed E-state index contributed by atoms with van der Waals surface area (Å²) in [5.74, 6) is 0. The molecule has 0 saturated heterocycles. The molecule has 0 fully saturated rings. The summed E-state index contributed by atoms with van der Waals surface area (Å²) >= 11 is 0. The van der Waals surface area contributed by atoms with Gasteiger partial charge in [0.1, 0.15) is 12.7 Å². The van der Waals surface area contributed by atoms with Crippen LogP contribution in [0.25, 0.3) is 0 Å². The molecule has 0 radical (unpaired) electrons. The van der Waals surface area contributed by atoms with Gasteiger partial charge in [-0.1, -0.05) is 36.4 Å². The van der Waals surface area contributed by atoms with Gasteiger partial charge in [-0.15, -0.1) is 0 Å². The van der Waals surface area contributed by atoms with Crippen LogP contribution in [0.4, 0.5) is 0 Å². The number of sulfone groups is 1. The number of aromatic nitrogens is 3. The summed E-state index contributed by atoms with van der Waals surface area (Å²) in [6.45, 7) is 1.85. The Balaban J connectivity index is 2.00. The minimum atomic E-state index is -4.00. The van der Waals surface area contributed by atoms with Crippen molar-refractivity contribution in [2.24, 2.45) is 0 Å². The van der Waals surface area contributed by atoms with E-state index in [1.165, 1.54) is 35.5 Å². The third-order valence-electron chi connectivity index (χ3n) is 4.21. The molecule has 28 heavy (non-hydrogen) atoms. The van der Waals surface area contributed by atoms with Gasteiger partial charge < -0.3 is 0 Å². The number of nitrogens with one attached hydrogen (secondary N) is 1. The number of aryl methyl sites for hydroxylation is 1. The molecule has 10 heteroatoms. The van der Waals surface area contributed by atoms with Crippen LogP contribution < -0.4 is 4.72 Å². The summed E-state index contributed by atoms with van der Waals surface area (Å²) in [4.78, 5) is 3.76. The molecule has 0 spiro atoms. The Morgan fingerprint density at radius 1 is 1.07 bits per heavy atom. The monoisotopic (exact) mass is 420 g/mol.